The summed E-state index contributed by atoms with van der Waals surface area (Å²) in [5, 5.41) is 2.66. The molecule has 5 rings (SSSR count). The summed E-state index contributed by atoms with van der Waals surface area (Å²) in [6, 6.07) is 22.0. The maximum Gasteiger partial charge on any atom is 0.239 e. The number of hydrogen-bond donors (Lipinski definition) is 2. The lowest BCUT2D eigenvalue weighted by Gasteiger charge is -2.17. The molecule has 0 aliphatic heterocycles. The molecular weight excluding hydrogens is 465 g/mol. The van der Waals surface area contributed by atoms with Crippen LogP contribution in [0, 0.1) is 5.82 Å². The van der Waals surface area contributed by atoms with Gasteiger partial charge >= 0.3 is 0 Å². The molecule has 180 valence electrons. The number of nitrogens with zero attached hydrogens (tertiary/aromatic N) is 2. The Kier molecular flexibility index (Phi) is 6.49. The summed E-state index contributed by atoms with van der Waals surface area (Å²) in [5.41, 5.74) is 5.35. The summed E-state index contributed by atoms with van der Waals surface area (Å²) in [4.78, 5) is 25.2. The summed E-state index contributed by atoms with van der Waals surface area (Å²) in [7, 11) is 0. The van der Waals surface area contributed by atoms with Crippen LogP contribution in [-0.2, 0) is 4.79 Å². The molecule has 1 amide bonds. The third-order valence-corrected chi connectivity index (χ3v) is 5.92. The molecule has 2 N–H and O–H groups in total. The fourth-order valence-electron chi connectivity index (χ4n) is 4.26. The molecule has 0 saturated carbocycles. The van der Waals surface area contributed by atoms with Gasteiger partial charge in [-0.15, -0.1) is 0 Å². The maximum atomic E-state index is 13.3. The van der Waals surface area contributed by atoms with Crippen molar-refractivity contribution in [2.45, 2.75) is 18.8 Å². The Hall–Kier alpha value is -4.46. The van der Waals surface area contributed by atoms with Gasteiger partial charge in [-0.1, -0.05) is 42.5 Å². The first kappa shape index (κ1) is 23.3. The second kappa shape index (κ2) is 10.0. The van der Waals surface area contributed by atoms with Gasteiger partial charge in [-0.2, -0.15) is 0 Å². The van der Waals surface area contributed by atoms with E-state index in [2.05, 4.69) is 20.3 Å². The number of H-pyrrole nitrogens is 1. The topological polar surface area (TPSA) is 70.7 Å². The van der Waals surface area contributed by atoms with E-state index in [0.717, 1.165) is 45.6 Å². The van der Waals surface area contributed by atoms with Crippen LogP contribution in [0.25, 0.3) is 33.4 Å². The van der Waals surface area contributed by atoms with Crippen LogP contribution in [0.15, 0.2) is 91.3 Å². The standard InChI is InChI=1S/C28H21F3N4O/c29-20-10-8-17(9-11-20)21(16-23(30)31)28(36)35-24-15-19(12-14-32-24)26-25(18-5-2-1-3-6-18)27-22(34-26)7-4-13-33-27/h1-15,21,23,34H,16H2,(H,32,35,36). The van der Waals surface area contributed by atoms with E-state index in [4.69, 9.17) is 0 Å². The highest BCUT2D eigenvalue weighted by molar-refractivity contribution is 6.02. The zero-order valence-corrected chi connectivity index (χ0v) is 19.0. The number of amides is 1. The number of hydrogen-bond acceptors (Lipinski definition) is 3. The van der Waals surface area contributed by atoms with Crippen molar-refractivity contribution in [1.82, 2.24) is 15.0 Å². The summed E-state index contributed by atoms with van der Waals surface area (Å²) >= 11 is 0. The number of aromatic amines is 1. The van der Waals surface area contributed by atoms with E-state index in [1.165, 1.54) is 12.1 Å². The Bertz CT molecular complexity index is 1500. The number of carbonyl (C=O) groups excluding carboxylic acids is 1. The first-order valence-electron chi connectivity index (χ1n) is 11.3. The van der Waals surface area contributed by atoms with Gasteiger partial charge in [-0.25, -0.2) is 18.2 Å². The lowest BCUT2D eigenvalue weighted by Crippen LogP contribution is -2.23. The molecule has 0 radical (unpaired) electrons. The SMILES string of the molecule is O=C(Nc1cc(-c2[nH]c3cccnc3c2-c2ccccc2)ccn1)C(CC(F)F)c1ccc(F)cc1. The molecule has 0 bridgehead atoms. The summed E-state index contributed by atoms with van der Waals surface area (Å²) < 4.78 is 39.9. The van der Waals surface area contributed by atoms with Crippen molar-refractivity contribution in [3.05, 3.63) is 103 Å². The van der Waals surface area contributed by atoms with Crippen LogP contribution in [0.4, 0.5) is 19.0 Å². The average Bonchev–Trinajstić information content (AvgIpc) is 3.28. The second-order valence-electron chi connectivity index (χ2n) is 8.29. The van der Waals surface area contributed by atoms with E-state index in [1.807, 2.05) is 42.5 Å². The van der Waals surface area contributed by atoms with Gasteiger partial charge in [0.25, 0.3) is 0 Å². The quantitative estimate of drug-likeness (QED) is 0.266. The molecule has 8 heteroatoms. The molecule has 0 spiro atoms. The van der Waals surface area contributed by atoms with Gasteiger partial charge in [-0.3, -0.25) is 9.78 Å². The van der Waals surface area contributed by atoms with Crippen LogP contribution < -0.4 is 5.32 Å². The second-order valence-corrected chi connectivity index (χ2v) is 8.29. The van der Waals surface area contributed by atoms with Gasteiger partial charge in [0.2, 0.25) is 12.3 Å². The number of aromatic nitrogens is 3. The fraction of sp³-hybridized carbons (Fsp3) is 0.107. The Labute approximate surface area is 205 Å². The predicted molar refractivity (Wildman–Crippen MR) is 133 cm³/mol. The number of anilines is 1. The predicted octanol–water partition coefficient (Wildman–Crippen LogP) is 6.81. The third-order valence-electron chi connectivity index (χ3n) is 5.92. The largest absolute Gasteiger partial charge is 0.353 e. The number of pyridine rings is 2. The molecule has 1 atom stereocenters. The number of carbonyl (C=O) groups is 1. The van der Waals surface area contributed by atoms with E-state index < -0.39 is 30.5 Å². The molecule has 0 fully saturated rings. The van der Waals surface area contributed by atoms with Crippen molar-refractivity contribution < 1.29 is 18.0 Å². The van der Waals surface area contributed by atoms with E-state index in [-0.39, 0.29) is 5.82 Å². The van der Waals surface area contributed by atoms with Crippen LogP contribution in [0.5, 0.6) is 0 Å². The number of alkyl halides is 2. The van der Waals surface area contributed by atoms with Gasteiger partial charge in [0.05, 0.1) is 22.6 Å². The lowest BCUT2D eigenvalue weighted by molar-refractivity contribution is -0.118. The number of rotatable bonds is 7. The van der Waals surface area contributed by atoms with Crippen molar-refractivity contribution in [2.75, 3.05) is 5.32 Å². The van der Waals surface area contributed by atoms with Gasteiger partial charge in [0, 0.05) is 29.9 Å². The molecule has 2 aromatic carbocycles. The van der Waals surface area contributed by atoms with Crippen LogP contribution in [0.1, 0.15) is 17.9 Å². The minimum atomic E-state index is -2.71. The molecule has 0 aliphatic rings. The minimum Gasteiger partial charge on any atom is -0.353 e. The van der Waals surface area contributed by atoms with Gasteiger partial charge < -0.3 is 10.3 Å². The zero-order valence-electron chi connectivity index (χ0n) is 19.0. The molecule has 0 aliphatic carbocycles. The molecule has 5 aromatic rings. The summed E-state index contributed by atoms with van der Waals surface area (Å²) in [5.74, 6) is -2.10. The molecule has 36 heavy (non-hydrogen) atoms. The first-order valence-corrected chi connectivity index (χ1v) is 11.3. The monoisotopic (exact) mass is 486 g/mol. The third kappa shape index (κ3) is 4.84. The smallest absolute Gasteiger partial charge is 0.239 e. The van der Waals surface area contributed by atoms with Crippen molar-refractivity contribution in [3.8, 4) is 22.4 Å². The first-order chi connectivity index (χ1) is 17.5. The highest BCUT2D eigenvalue weighted by Gasteiger charge is 2.25. The molecule has 3 heterocycles. The molecular formula is C28H21F3N4O. The van der Waals surface area contributed by atoms with E-state index in [1.54, 1.807) is 24.5 Å². The average molecular weight is 486 g/mol. The van der Waals surface area contributed by atoms with Crippen LogP contribution in [0.3, 0.4) is 0 Å². The maximum absolute atomic E-state index is 13.3. The van der Waals surface area contributed by atoms with E-state index in [0.29, 0.717) is 5.56 Å². The molecule has 0 saturated heterocycles. The van der Waals surface area contributed by atoms with Gasteiger partial charge in [0.1, 0.15) is 11.6 Å². The van der Waals surface area contributed by atoms with E-state index >= 15 is 0 Å². The highest BCUT2D eigenvalue weighted by Crippen LogP contribution is 2.37. The number of halogens is 3. The number of fused-ring (bicyclic) bond motifs is 1. The lowest BCUT2D eigenvalue weighted by atomic mass is 9.95. The Morgan fingerprint density at radius 3 is 2.42 bits per heavy atom. The van der Waals surface area contributed by atoms with Crippen LogP contribution in [-0.4, -0.2) is 27.3 Å². The van der Waals surface area contributed by atoms with Gasteiger partial charge in [-0.05, 0) is 47.5 Å². The number of nitrogens with one attached hydrogen (secondary N) is 2. The van der Waals surface area contributed by atoms with Crippen LogP contribution >= 0.6 is 0 Å². The Morgan fingerprint density at radius 2 is 1.67 bits per heavy atom. The highest BCUT2D eigenvalue weighted by atomic mass is 19.3. The molecule has 3 aromatic heterocycles. The Morgan fingerprint density at radius 1 is 0.889 bits per heavy atom. The van der Waals surface area contributed by atoms with Crippen LogP contribution in [0.2, 0.25) is 0 Å². The van der Waals surface area contributed by atoms with Crippen molar-refractivity contribution in [3.63, 3.8) is 0 Å². The summed E-state index contributed by atoms with van der Waals surface area (Å²) in [6.07, 6.45) is -0.136. The van der Waals surface area contributed by atoms with Crippen molar-refractivity contribution in [1.29, 1.82) is 0 Å². The molecule has 1 unspecified atom stereocenters. The van der Waals surface area contributed by atoms with E-state index in [9.17, 15) is 18.0 Å². The van der Waals surface area contributed by atoms with Gasteiger partial charge in [0.15, 0.2) is 0 Å². The zero-order chi connectivity index (χ0) is 25.1. The molecule has 5 nitrogen and oxygen atoms in total. The normalized spacial score (nSPS) is 12.1. The Balaban J connectivity index is 1.50. The number of benzene rings is 2. The van der Waals surface area contributed by atoms with Crippen molar-refractivity contribution in [2.24, 2.45) is 0 Å². The minimum absolute atomic E-state index is 0.213. The fourth-order valence-corrected chi connectivity index (χ4v) is 4.26. The van der Waals surface area contributed by atoms with Crippen molar-refractivity contribution >= 4 is 22.8 Å². The summed E-state index contributed by atoms with van der Waals surface area (Å²) in [6.45, 7) is 0.